The summed E-state index contributed by atoms with van der Waals surface area (Å²) in [7, 11) is 0. The summed E-state index contributed by atoms with van der Waals surface area (Å²) in [5, 5.41) is 11.4. The van der Waals surface area contributed by atoms with Gasteiger partial charge in [0.05, 0.1) is 11.1 Å². The number of fused-ring (bicyclic) bond motifs is 3. The number of furan rings is 1. The van der Waals surface area contributed by atoms with Crippen molar-refractivity contribution in [3.05, 3.63) is 144 Å². The normalized spacial score (nSPS) is 14.5. The van der Waals surface area contributed by atoms with Gasteiger partial charge in [0.25, 0.3) is 0 Å². The molecule has 0 N–H and O–H groups in total. The molecular weight excluding hydrogens is 695 g/mol. The van der Waals surface area contributed by atoms with Crippen LogP contribution in [0.1, 0.15) is 30.4 Å². The average molecular weight is 730 g/mol. The van der Waals surface area contributed by atoms with Crippen LogP contribution in [-0.4, -0.2) is 9.97 Å². The Labute approximate surface area is 272 Å². The molecule has 42 heavy (non-hydrogen) atoms. The molecule has 4 nitrogen and oxygen atoms in total. The maximum absolute atomic E-state index is 9.91. The molecule has 205 valence electrons. The topological polar surface area (TPSA) is 62.7 Å². The number of aryl methyl sites for hydroxylation is 2. The number of nitrogens with zero attached hydrogens (tertiary/aromatic N) is 3. The molecule has 0 fully saturated rings. The van der Waals surface area contributed by atoms with E-state index in [4.69, 9.17) is 18.1 Å². The molecular formula is C37H25IrN3O-2. The van der Waals surface area contributed by atoms with Gasteiger partial charge in [-0.05, 0) is 35.4 Å². The van der Waals surface area contributed by atoms with Gasteiger partial charge in [0.1, 0.15) is 17.2 Å². The quantitative estimate of drug-likeness (QED) is 0.170. The Morgan fingerprint density at radius 3 is 2.40 bits per heavy atom. The van der Waals surface area contributed by atoms with Crippen LogP contribution in [0.5, 0.6) is 0 Å². The maximum atomic E-state index is 9.91. The first-order valence-corrected chi connectivity index (χ1v) is 12.5. The Bertz CT molecular complexity index is 2380. The standard InChI is InChI=1S/C24H13N2O.C13H12N.Ir/c25-15-21-17(16-7-2-1-3-8-16)12-13-19-18-9-6-10-20(23(18)27-24(19)21)22-11-4-5-14-26-22;1-10-3-6-12(7-4-10)13-8-5-11(2)9-14-13;/h1-9,11-14H;3-6,8-9H,1-2H3;/q2*-1;/i4D,5D,11D,14D;1D3,2D3;. The molecule has 7 rings (SSSR count). The van der Waals surface area contributed by atoms with Crippen molar-refractivity contribution in [1.29, 1.82) is 5.26 Å². The van der Waals surface area contributed by atoms with Gasteiger partial charge in [-0.15, -0.1) is 53.6 Å². The molecule has 3 heterocycles. The van der Waals surface area contributed by atoms with Gasteiger partial charge in [-0.2, -0.15) is 5.26 Å². The summed E-state index contributed by atoms with van der Waals surface area (Å²) < 4.78 is 81.6. The molecule has 1 radical (unpaired) electrons. The second-order valence-electron chi connectivity index (χ2n) is 8.91. The van der Waals surface area contributed by atoms with Gasteiger partial charge >= 0.3 is 0 Å². The summed E-state index contributed by atoms with van der Waals surface area (Å²) in [6, 6.07) is 31.5. The van der Waals surface area contributed by atoms with Crippen LogP contribution < -0.4 is 0 Å². The van der Waals surface area contributed by atoms with Crippen LogP contribution in [0.25, 0.3) is 55.6 Å². The van der Waals surface area contributed by atoms with Crippen LogP contribution in [0.3, 0.4) is 0 Å². The zero-order valence-corrected chi connectivity index (χ0v) is 24.1. The first-order valence-electron chi connectivity index (χ1n) is 17.5. The second kappa shape index (κ2) is 12.7. The Morgan fingerprint density at radius 1 is 0.833 bits per heavy atom. The third-order valence-electron chi connectivity index (χ3n) is 6.35. The predicted molar refractivity (Wildman–Crippen MR) is 164 cm³/mol. The third kappa shape index (κ3) is 5.78. The number of pyridine rings is 2. The Morgan fingerprint density at radius 2 is 1.67 bits per heavy atom. The van der Waals surface area contributed by atoms with Crippen molar-refractivity contribution in [1.82, 2.24) is 9.97 Å². The summed E-state index contributed by atoms with van der Waals surface area (Å²) in [5.74, 6) is 0. The SMILES string of the molecule is [2H]C([2H])([2H])c1c[c-]c(-c2ccc(C([2H])([2H])[2H])cn2)cc1.[2H]c1nc(-c2[c-]ccc3c2oc2c(C#N)c(-c4ccccc4)ccc23)c([2H])c([2H])c1[2H].[Ir]. The van der Waals surface area contributed by atoms with Crippen LogP contribution in [0.2, 0.25) is 0 Å². The summed E-state index contributed by atoms with van der Waals surface area (Å²) in [6.07, 6.45) is 0.912. The van der Waals surface area contributed by atoms with Crippen molar-refractivity contribution in [3.8, 4) is 39.7 Å². The fourth-order valence-electron chi connectivity index (χ4n) is 4.44. The van der Waals surface area contributed by atoms with E-state index in [1.54, 1.807) is 24.3 Å². The number of aromatic nitrogens is 2. The molecule has 7 aromatic rings. The molecule has 0 saturated carbocycles. The van der Waals surface area contributed by atoms with Crippen molar-refractivity contribution in [2.45, 2.75) is 13.7 Å². The van der Waals surface area contributed by atoms with Crippen LogP contribution in [0, 0.1) is 37.2 Å². The van der Waals surface area contributed by atoms with Gasteiger partial charge in [0, 0.05) is 51.6 Å². The molecule has 5 heteroatoms. The van der Waals surface area contributed by atoms with E-state index in [2.05, 4.69) is 28.2 Å². The third-order valence-corrected chi connectivity index (χ3v) is 6.35. The first kappa shape index (κ1) is 18.5. The smallest absolute Gasteiger partial charge is 0.139 e. The van der Waals surface area contributed by atoms with Crippen molar-refractivity contribution >= 4 is 21.9 Å². The molecule has 3 aromatic heterocycles. The zero-order chi connectivity index (χ0) is 36.7. The molecule has 0 atom stereocenters. The molecule has 4 aromatic carbocycles. The van der Waals surface area contributed by atoms with Gasteiger partial charge in [-0.25, -0.2) is 0 Å². The van der Waals surface area contributed by atoms with E-state index < -0.39 is 19.7 Å². The molecule has 0 amide bonds. The van der Waals surface area contributed by atoms with E-state index in [0.29, 0.717) is 38.9 Å². The molecule has 0 aliphatic carbocycles. The number of hydrogen-bond donors (Lipinski definition) is 0. The van der Waals surface area contributed by atoms with Crippen molar-refractivity contribution < 1.29 is 38.2 Å². The Kier molecular flexibility index (Phi) is 5.62. The van der Waals surface area contributed by atoms with E-state index in [1.165, 1.54) is 24.4 Å². The fraction of sp³-hybridized carbons (Fsp3) is 0.0541. The Balaban J connectivity index is 0.000000217. The summed E-state index contributed by atoms with van der Waals surface area (Å²) >= 11 is 0. The molecule has 0 unspecified atom stereocenters. The average Bonchev–Trinajstić information content (AvgIpc) is 3.51. The van der Waals surface area contributed by atoms with E-state index >= 15 is 0 Å². The van der Waals surface area contributed by atoms with Crippen LogP contribution in [0.4, 0.5) is 0 Å². The zero-order valence-electron chi connectivity index (χ0n) is 31.7. The van der Waals surface area contributed by atoms with E-state index in [0.717, 1.165) is 16.5 Å². The fourth-order valence-corrected chi connectivity index (χ4v) is 4.44. The van der Waals surface area contributed by atoms with Gasteiger partial charge in [0.15, 0.2) is 0 Å². The molecule has 0 saturated heterocycles. The number of benzene rings is 4. The van der Waals surface area contributed by atoms with Crippen LogP contribution >= 0.6 is 0 Å². The van der Waals surface area contributed by atoms with Gasteiger partial charge in [0.2, 0.25) is 0 Å². The maximum Gasteiger partial charge on any atom is 0.139 e. The largest absolute Gasteiger partial charge is 0.499 e. The monoisotopic (exact) mass is 730 g/mol. The van der Waals surface area contributed by atoms with Crippen molar-refractivity contribution in [2.75, 3.05) is 0 Å². The summed E-state index contributed by atoms with van der Waals surface area (Å²) in [5.41, 5.74) is 4.76. The van der Waals surface area contributed by atoms with Gasteiger partial charge in [-0.3, -0.25) is 0 Å². The second-order valence-corrected chi connectivity index (χ2v) is 8.91. The number of nitriles is 1. The van der Waals surface area contributed by atoms with Crippen molar-refractivity contribution in [2.24, 2.45) is 0 Å². The Hall–Kier alpha value is -4.88. The minimum absolute atomic E-state index is 0. The molecule has 0 spiro atoms. The first-order chi connectivity index (χ1) is 24.2. The van der Waals surface area contributed by atoms with Crippen molar-refractivity contribution in [3.63, 3.8) is 0 Å². The molecule has 0 aliphatic heterocycles. The summed E-state index contributed by atoms with van der Waals surface area (Å²) in [4.78, 5) is 8.12. The minimum atomic E-state index is -2.18. The van der Waals surface area contributed by atoms with E-state index in [-0.39, 0.29) is 55.2 Å². The minimum Gasteiger partial charge on any atom is -0.499 e. The van der Waals surface area contributed by atoms with Crippen LogP contribution in [-0.2, 0) is 20.1 Å². The number of rotatable bonds is 3. The van der Waals surface area contributed by atoms with Gasteiger partial charge in [-0.1, -0.05) is 84.5 Å². The summed E-state index contributed by atoms with van der Waals surface area (Å²) in [6.45, 7) is -4.34. The molecule has 0 aliphatic rings. The van der Waals surface area contributed by atoms with Crippen LogP contribution in [0.15, 0.2) is 120 Å². The molecule has 0 bridgehead atoms. The van der Waals surface area contributed by atoms with E-state index in [1.807, 2.05) is 42.5 Å². The van der Waals surface area contributed by atoms with E-state index in [9.17, 15) is 5.26 Å². The number of hydrogen-bond acceptors (Lipinski definition) is 4. The van der Waals surface area contributed by atoms with Gasteiger partial charge < -0.3 is 14.4 Å². The predicted octanol–water partition coefficient (Wildman–Crippen LogP) is 9.15.